The molecule has 0 spiro atoms. The molecule has 1 N–H and O–H groups in total. The molecule has 0 bridgehead atoms. The van der Waals surface area contributed by atoms with Crippen molar-refractivity contribution < 1.29 is 5.11 Å². The molecule has 0 fully saturated rings. The predicted octanol–water partition coefficient (Wildman–Crippen LogP) is 5.00. The van der Waals surface area contributed by atoms with Crippen molar-refractivity contribution in [3.8, 4) is 0 Å². The van der Waals surface area contributed by atoms with Gasteiger partial charge in [-0.3, -0.25) is 0 Å². The van der Waals surface area contributed by atoms with Crippen LogP contribution in [0.4, 0.5) is 0 Å². The highest BCUT2D eigenvalue weighted by Crippen LogP contribution is 2.48. The zero-order valence-electron chi connectivity index (χ0n) is 11.8. The van der Waals surface area contributed by atoms with E-state index in [0.29, 0.717) is 0 Å². The molecule has 0 heterocycles. The van der Waals surface area contributed by atoms with Crippen LogP contribution in [0, 0.1) is 0 Å². The second-order valence-electron chi connectivity index (χ2n) is 5.72. The highest BCUT2D eigenvalue weighted by Gasteiger charge is 2.39. The van der Waals surface area contributed by atoms with Crippen LogP contribution in [0.15, 0.2) is 42.5 Å². The van der Waals surface area contributed by atoms with Crippen molar-refractivity contribution in [2.24, 2.45) is 0 Å². The number of aryl methyl sites for hydroxylation is 1. The summed E-state index contributed by atoms with van der Waals surface area (Å²) in [5.41, 5.74) is 3.94. The number of rotatable bonds is 4. The topological polar surface area (TPSA) is 20.2 Å². The molecule has 1 nitrogen and oxygen atoms in total. The summed E-state index contributed by atoms with van der Waals surface area (Å²) in [7, 11) is 0. The van der Waals surface area contributed by atoms with Gasteiger partial charge in [0.2, 0.25) is 0 Å². The van der Waals surface area contributed by atoms with E-state index in [0.717, 1.165) is 35.7 Å². The molecule has 2 aromatic rings. The zero-order chi connectivity index (χ0) is 14.9. The van der Waals surface area contributed by atoms with Gasteiger partial charge in [0, 0.05) is 22.1 Å². The second kappa shape index (κ2) is 6.00. The summed E-state index contributed by atoms with van der Waals surface area (Å²) in [4.78, 5) is 0. The fourth-order valence-electron chi connectivity index (χ4n) is 3.57. The first kappa shape index (κ1) is 14.9. The van der Waals surface area contributed by atoms with E-state index in [4.69, 9.17) is 23.2 Å². The van der Waals surface area contributed by atoms with Gasteiger partial charge in [-0.15, -0.1) is 0 Å². The minimum Gasteiger partial charge on any atom is -0.396 e. The van der Waals surface area contributed by atoms with E-state index in [1.54, 1.807) is 0 Å². The van der Waals surface area contributed by atoms with Crippen LogP contribution < -0.4 is 0 Å². The number of fused-ring (bicyclic) bond motifs is 1. The maximum absolute atomic E-state index is 9.28. The highest BCUT2D eigenvalue weighted by atomic mass is 35.5. The van der Waals surface area contributed by atoms with Crippen LogP contribution in [-0.4, -0.2) is 11.7 Å². The monoisotopic (exact) mass is 320 g/mol. The molecule has 3 rings (SSSR count). The Kier molecular flexibility index (Phi) is 4.26. The predicted molar refractivity (Wildman–Crippen MR) is 88.3 cm³/mol. The van der Waals surface area contributed by atoms with E-state index in [1.807, 2.05) is 18.2 Å². The molecule has 21 heavy (non-hydrogen) atoms. The first-order chi connectivity index (χ1) is 10.2. The van der Waals surface area contributed by atoms with Crippen LogP contribution in [0.1, 0.15) is 36.0 Å². The first-order valence-corrected chi connectivity index (χ1v) is 8.07. The number of halogens is 2. The lowest BCUT2D eigenvalue weighted by atomic mass is 9.72. The van der Waals surface area contributed by atoms with Crippen LogP contribution in [0.3, 0.4) is 0 Å². The average molecular weight is 321 g/mol. The third-order valence-corrected chi connectivity index (χ3v) is 5.05. The molecule has 1 atom stereocenters. The molecule has 2 aromatic carbocycles. The lowest BCUT2D eigenvalue weighted by Gasteiger charge is -2.31. The van der Waals surface area contributed by atoms with Gasteiger partial charge in [-0.25, -0.2) is 0 Å². The normalized spacial score (nSPS) is 20.5. The fraction of sp³-hybridized carbons (Fsp3) is 0.333. The van der Waals surface area contributed by atoms with E-state index >= 15 is 0 Å². The van der Waals surface area contributed by atoms with Gasteiger partial charge in [0.1, 0.15) is 0 Å². The van der Waals surface area contributed by atoms with Crippen molar-refractivity contribution in [3.63, 3.8) is 0 Å². The minimum atomic E-state index is -0.0206. The third kappa shape index (κ3) is 2.70. The van der Waals surface area contributed by atoms with Gasteiger partial charge in [0.05, 0.1) is 0 Å². The van der Waals surface area contributed by atoms with Crippen LogP contribution in [0.25, 0.3) is 0 Å². The first-order valence-electron chi connectivity index (χ1n) is 7.31. The minimum absolute atomic E-state index is 0.0206. The number of hydrogen-bond donors (Lipinski definition) is 1. The largest absolute Gasteiger partial charge is 0.396 e. The number of aliphatic hydroxyl groups is 1. The Morgan fingerprint density at radius 1 is 1.00 bits per heavy atom. The molecule has 1 unspecified atom stereocenters. The summed E-state index contributed by atoms with van der Waals surface area (Å²) >= 11 is 12.2. The molecule has 1 aliphatic rings. The zero-order valence-corrected chi connectivity index (χ0v) is 13.3. The summed E-state index contributed by atoms with van der Waals surface area (Å²) in [6.07, 6.45) is 3.83. The van der Waals surface area contributed by atoms with Gasteiger partial charge in [0.25, 0.3) is 0 Å². The lowest BCUT2D eigenvalue weighted by molar-refractivity contribution is 0.268. The van der Waals surface area contributed by atoms with Gasteiger partial charge < -0.3 is 5.11 Å². The molecule has 0 amide bonds. The molecule has 0 aliphatic heterocycles. The average Bonchev–Trinajstić information content (AvgIpc) is 2.85. The molecule has 0 radical (unpaired) electrons. The van der Waals surface area contributed by atoms with Crippen molar-refractivity contribution in [2.45, 2.75) is 31.1 Å². The Morgan fingerprint density at radius 2 is 1.71 bits per heavy atom. The van der Waals surface area contributed by atoms with Gasteiger partial charge in [-0.1, -0.05) is 41.4 Å². The molecule has 110 valence electrons. The van der Waals surface area contributed by atoms with Crippen molar-refractivity contribution in [2.75, 3.05) is 6.61 Å². The van der Waals surface area contributed by atoms with Crippen molar-refractivity contribution in [1.82, 2.24) is 0 Å². The standard InChI is InChI=1S/C18H18Cl2O/c19-15-4-2-14(3-5-15)18(9-1-11-21)10-8-13-12-16(20)6-7-17(13)18/h2-7,12,21H,1,8-11H2. The molecule has 0 saturated heterocycles. The highest BCUT2D eigenvalue weighted by molar-refractivity contribution is 6.30. The summed E-state index contributed by atoms with van der Waals surface area (Å²) < 4.78 is 0. The van der Waals surface area contributed by atoms with E-state index in [-0.39, 0.29) is 12.0 Å². The van der Waals surface area contributed by atoms with Gasteiger partial charge in [-0.2, -0.15) is 0 Å². The number of hydrogen-bond acceptors (Lipinski definition) is 1. The summed E-state index contributed by atoms with van der Waals surface area (Å²) in [5, 5.41) is 10.8. The van der Waals surface area contributed by atoms with Crippen molar-refractivity contribution in [1.29, 1.82) is 0 Å². The van der Waals surface area contributed by atoms with Crippen LogP contribution in [-0.2, 0) is 11.8 Å². The van der Waals surface area contributed by atoms with E-state index in [2.05, 4.69) is 24.3 Å². The maximum Gasteiger partial charge on any atom is 0.0431 e. The van der Waals surface area contributed by atoms with Gasteiger partial charge >= 0.3 is 0 Å². The SMILES string of the molecule is OCCCC1(c2ccc(Cl)cc2)CCc2cc(Cl)ccc21. The summed E-state index contributed by atoms with van der Waals surface area (Å²) in [6, 6.07) is 14.3. The molecule has 0 saturated carbocycles. The quantitative estimate of drug-likeness (QED) is 0.840. The molecular weight excluding hydrogens is 303 g/mol. The van der Waals surface area contributed by atoms with Crippen molar-refractivity contribution >= 4 is 23.2 Å². The fourth-order valence-corrected chi connectivity index (χ4v) is 3.89. The second-order valence-corrected chi connectivity index (χ2v) is 6.59. The van der Waals surface area contributed by atoms with Crippen LogP contribution in [0.5, 0.6) is 0 Å². The lowest BCUT2D eigenvalue weighted by Crippen LogP contribution is -2.25. The van der Waals surface area contributed by atoms with E-state index in [1.165, 1.54) is 16.7 Å². The molecule has 0 aromatic heterocycles. The van der Waals surface area contributed by atoms with Gasteiger partial charge in [-0.05, 0) is 66.6 Å². The third-order valence-electron chi connectivity index (χ3n) is 4.56. The number of benzene rings is 2. The Balaban J connectivity index is 2.10. The Bertz CT molecular complexity index is 636. The molecule has 3 heteroatoms. The smallest absolute Gasteiger partial charge is 0.0431 e. The Labute approximate surface area is 135 Å². The Morgan fingerprint density at radius 3 is 2.43 bits per heavy atom. The number of aliphatic hydroxyl groups excluding tert-OH is 1. The van der Waals surface area contributed by atoms with Crippen LogP contribution >= 0.6 is 23.2 Å². The summed E-state index contributed by atoms with van der Waals surface area (Å²) in [5.74, 6) is 0. The van der Waals surface area contributed by atoms with E-state index in [9.17, 15) is 5.11 Å². The molecular formula is C18H18Cl2O. The summed E-state index contributed by atoms with van der Waals surface area (Å²) in [6.45, 7) is 0.220. The van der Waals surface area contributed by atoms with E-state index < -0.39 is 0 Å². The van der Waals surface area contributed by atoms with Crippen molar-refractivity contribution in [3.05, 3.63) is 69.2 Å². The van der Waals surface area contributed by atoms with Crippen LogP contribution in [0.2, 0.25) is 10.0 Å². The maximum atomic E-state index is 9.28. The Hall–Kier alpha value is -1.02. The van der Waals surface area contributed by atoms with Gasteiger partial charge in [0.15, 0.2) is 0 Å². The molecule has 1 aliphatic carbocycles.